The van der Waals surface area contributed by atoms with Crippen LogP contribution in [0.2, 0.25) is 0 Å². The van der Waals surface area contributed by atoms with Gasteiger partial charge in [-0.2, -0.15) is 5.10 Å². The molecule has 10 heteroatoms. The number of amides is 1. The molecule has 10 nitrogen and oxygen atoms in total. The summed E-state index contributed by atoms with van der Waals surface area (Å²) in [4.78, 5) is 25.7. The second-order valence-electron chi connectivity index (χ2n) is 7.12. The molecule has 33 heavy (non-hydrogen) atoms. The molecule has 0 unspecified atom stereocenters. The second-order valence-corrected chi connectivity index (χ2v) is 7.12. The predicted octanol–water partition coefficient (Wildman–Crippen LogP) is 3.02. The van der Waals surface area contributed by atoms with Gasteiger partial charge in [0.25, 0.3) is 5.56 Å². The van der Waals surface area contributed by atoms with Crippen LogP contribution in [0.15, 0.2) is 51.8 Å². The maximum atomic E-state index is 13.0. The Kier molecular flexibility index (Phi) is 5.99. The molecule has 0 saturated heterocycles. The SMILES string of the molecule is COc1ccc(-c2nn(CC(=O)Nc3ccc(OC)cc3OC)c(=O)c3noc(C)c23)cc1. The molecule has 2 aromatic carbocycles. The molecule has 170 valence electrons. The predicted molar refractivity (Wildman–Crippen MR) is 121 cm³/mol. The second kappa shape index (κ2) is 9.03. The van der Waals surface area contributed by atoms with E-state index in [4.69, 9.17) is 18.7 Å². The maximum absolute atomic E-state index is 13.0. The third-order valence-electron chi connectivity index (χ3n) is 5.10. The van der Waals surface area contributed by atoms with E-state index in [-0.39, 0.29) is 12.1 Å². The van der Waals surface area contributed by atoms with Crippen molar-refractivity contribution in [1.82, 2.24) is 14.9 Å². The van der Waals surface area contributed by atoms with Crippen molar-refractivity contribution >= 4 is 22.5 Å². The van der Waals surface area contributed by atoms with Gasteiger partial charge in [0.1, 0.15) is 35.2 Å². The minimum Gasteiger partial charge on any atom is -0.497 e. The summed E-state index contributed by atoms with van der Waals surface area (Å²) in [6, 6.07) is 12.2. The highest BCUT2D eigenvalue weighted by Crippen LogP contribution is 2.30. The van der Waals surface area contributed by atoms with Gasteiger partial charge >= 0.3 is 0 Å². The van der Waals surface area contributed by atoms with E-state index in [0.717, 1.165) is 10.2 Å². The van der Waals surface area contributed by atoms with Crippen molar-refractivity contribution in [2.75, 3.05) is 26.6 Å². The van der Waals surface area contributed by atoms with Crippen LogP contribution in [0, 0.1) is 6.92 Å². The van der Waals surface area contributed by atoms with E-state index in [1.54, 1.807) is 44.4 Å². The number of methoxy groups -OCH3 is 3. The van der Waals surface area contributed by atoms with E-state index in [0.29, 0.717) is 39.8 Å². The molecule has 0 radical (unpaired) electrons. The number of rotatable bonds is 7. The summed E-state index contributed by atoms with van der Waals surface area (Å²) in [5.41, 5.74) is 1.20. The van der Waals surface area contributed by atoms with Crippen LogP contribution < -0.4 is 25.1 Å². The lowest BCUT2D eigenvalue weighted by atomic mass is 10.1. The fourth-order valence-corrected chi connectivity index (χ4v) is 3.42. The van der Waals surface area contributed by atoms with Crippen LogP contribution in [-0.2, 0) is 11.3 Å². The van der Waals surface area contributed by atoms with Crippen molar-refractivity contribution in [2.24, 2.45) is 0 Å². The summed E-state index contributed by atoms with van der Waals surface area (Å²) in [5, 5.41) is 11.6. The number of benzene rings is 2. The van der Waals surface area contributed by atoms with Crippen LogP contribution in [0.5, 0.6) is 17.2 Å². The normalized spacial score (nSPS) is 10.8. The Bertz CT molecular complexity index is 1370. The number of hydrogen-bond donors (Lipinski definition) is 1. The van der Waals surface area contributed by atoms with Gasteiger partial charge in [0.15, 0.2) is 5.52 Å². The van der Waals surface area contributed by atoms with Crippen LogP contribution in [-0.4, -0.2) is 42.2 Å². The number of fused-ring (bicyclic) bond motifs is 1. The Balaban J connectivity index is 1.70. The lowest BCUT2D eigenvalue weighted by Gasteiger charge is -2.13. The molecule has 0 atom stereocenters. The monoisotopic (exact) mass is 450 g/mol. The van der Waals surface area contributed by atoms with Gasteiger partial charge in [-0.25, -0.2) is 4.68 Å². The molecule has 2 heterocycles. The van der Waals surface area contributed by atoms with E-state index < -0.39 is 11.5 Å². The third-order valence-corrected chi connectivity index (χ3v) is 5.10. The van der Waals surface area contributed by atoms with Crippen molar-refractivity contribution in [3.8, 4) is 28.5 Å². The fourth-order valence-electron chi connectivity index (χ4n) is 3.42. The Morgan fingerprint density at radius 1 is 1.03 bits per heavy atom. The summed E-state index contributed by atoms with van der Waals surface area (Å²) in [5.74, 6) is 1.68. The molecular weight excluding hydrogens is 428 g/mol. The highest BCUT2D eigenvalue weighted by atomic mass is 16.5. The van der Waals surface area contributed by atoms with Gasteiger partial charge in [0.05, 0.1) is 32.4 Å². The number of carbonyl (C=O) groups is 1. The van der Waals surface area contributed by atoms with Crippen molar-refractivity contribution in [3.63, 3.8) is 0 Å². The van der Waals surface area contributed by atoms with Gasteiger partial charge in [-0.1, -0.05) is 5.16 Å². The number of ether oxygens (including phenoxy) is 3. The summed E-state index contributed by atoms with van der Waals surface area (Å²) >= 11 is 0. The highest BCUT2D eigenvalue weighted by molar-refractivity contribution is 5.94. The largest absolute Gasteiger partial charge is 0.497 e. The van der Waals surface area contributed by atoms with E-state index in [9.17, 15) is 9.59 Å². The van der Waals surface area contributed by atoms with Crippen molar-refractivity contribution in [2.45, 2.75) is 13.5 Å². The number of nitrogens with zero attached hydrogens (tertiary/aromatic N) is 3. The molecule has 0 saturated carbocycles. The summed E-state index contributed by atoms with van der Waals surface area (Å²) in [6.45, 7) is 1.37. The zero-order valence-corrected chi connectivity index (χ0v) is 18.5. The molecule has 0 aliphatic carbocycles. The first-order valence-corrected chi connectivity index (χ1v) is 9.98. The molecule has 2 aromatic heterocycles. The van der Waals surface area contributed by atoms with E-state index >= 15 is 0 Å². The zero-order valence-electron chi connectivity index (χ0n) is 18.5. The standard InChI is InChI=1S/C23H22N4O6/c1-13-20-21(14-5-7-15(30-2)8-6-14)25-27(23(29)22(20)26-33-13)12-19(28)24-17-10-9-16(31-3)11-18(17)32-4/h5-11H,12H2,1-4H3,(H,24,28). The van der Waals surface area contributed by atoms with Gasteiger partial charge < -0.3 is 24.1 Å². The number of aryl methyl sites for hydroxylation is 1. The summed E-state index contributed by atoms with van der Waals surface area (Å²) in [6.07, 6.45) is 0. The molecule has 0 aliphatic rings. The lowest BCUT2D eigenvalue weighted by Crippen LogP contribution is -2.30. The fraction of sp³-hybridized carbons (Fsp3) is 0.217. The first-order valence-electron chi connectivity index (χ1n) is 9.98. The van der Waals surface area contributed by atoms with Crippen LogP contribution in [0.25, 0.3) is 22.2 Å². The number of carbonyl (C=O) groups excluding carboxylic acids is 1. The average molecular weight is 450 g/mol. The number of anilines is 1. The molecule has 0 fully saturated rings. The Hall–Kier alpha value is -4.34. The molecule has 1 N–H and O–H groups in total. The Morgan fingerprint density at radius 2 is 1.73 bits per heavy atom. The summed E-state index contributed by atoms with van der Waals surface area (Å²) < 4.78 is 22.0. The number of nitrogens with one attached hydrogen (secondary N) is 1. The third kappa shape index (κ3) is 4.22. The van der Waals surface area contributed by atoms with Crippen LogP contribution in [0.4, 0.5) is 5.69 Å². The quantitative estimate of drug-likeness (QED) is 0.457. The Labute approximate surface area is 188 Å². The topological polar surface area (TPSA) is 118 Å². The number of aromatic nitrogens is 3. The van der Waals surface area contributed by atoms with E-state index in [1.807, 2.05) is 12.1 Å². The van der Waals surface area contributed by atoms with Gasteiger partial charge in [-0.15, -0.1) is 0 Å². The van der Waals surface area contributed by atoms with Crippen LogP contribution >= 0.6 is 0 Å². The molecular formula is C23H22N4O6. The first-order chi connectivity index (χ1) is 15.9. The molecule has 0 aliphatic heterocycles. The zero-order chi connectivity index (χ0) is 23.5. The van der Waals surface area contributed by atoms with Crippen molar-refractivity contribution < 1.29 is 23.5 Å². The van der Waals surface area contributed by atoms with Gasteiger partial charge in [-0.05, 0) is 43.3 Å². The van der Waals surface area contributed by atoms with Gasteiger partial charge in [0.2, 0.25) is 5.91 Å². The Morgan fingerprint density at radius 3 is 2.39 bits per heavy atom. The lowest BCUT2D eigenvalue weighted by molar-refractivity contribution is -0.117. The molecule has 4 rings (SSSR count). The molecule has 0 bridgehead atoms. The van der Waals surface area contributed by atoms with Crippen LogP contribution in [0.1, 0.15) is 5.76 Å². The van der Waals surface area contributed by atoms with Crippen LogP contribution in [0.3, 0.4) is 0 Å². The van der Waals surface area contributed by atoms with Crippen molar-refractivity contribution in [1.29, 1.82) is 0 Å². The minimum atomic E-state index is -0.532. The van der Waals surface area contributed by atoms with Gasteiger partial charge in [0, 0.05) is 11.6 Å². The smallest absolute Gasteiger partial charge is 0.297 e. The summed E-state index contributed by atoms with van der Waals surface area (Å²) in [7, 11) is 4.60. The minimum absolute atomic E-state index is 0.100. The average Bonchev–Trinajstić information content (AvgIpc) is 3.23. The van der Waals surface area contributed by atoms with Gasteiger partial charge in [-0.3, -0.25) is 9.59 Å². The van der Waals surface area contributed by atoms with E-state index in [2.05, 4.69) is 15.6 Å². The molecule has 0 spiro atoms. The maximum Gasteiger partial charge on any atom is 0.297 e. The van der Waals surface area contributed by atoms with Crippen molar-refractivity contribution in [3.05, 3.63) is 58.6 Å². The first kappa shape index (κ1) is 21.9. The molecule has 1 amide bonds. The molecule has 4 aromatic rings. The highest BCUT2D eigenvalue weighted by Gasteiger charge is 2.20. The van der Waals surface area contributed by atoms with E-state index in [1.165, 1.54) is 14.2 Å². The number of hydrogen-bond acceptors (Lipinski definition) is 8.